The molecule has 0 saturated heterocycles. The summed E-state index contributed by atoms with van der Waals surface area (Å²) in [6.45, 7) is 0. The molecule has 3 aromatic rings. The van der Waals surface area contributed by atoms with E-state index in [2.05, 4.69) is 65.5 Å². The fourth-order valence-corrected chi connectivity index (χ4v) is 5.42. The first kappa shape index (κ1) is 12.7. The normalized spacial score (nSPS) is 23.9. The van der Waals surface area contributed by atoms with E-state index >= 15 is 0 Å². The molecule has 22 heavy (non-hydrogen) atoms. The lowest BCUT2D eigenvalue weighted by atomic mass is 9.72. The van der Waals surface area contributed by atoms with Crippen LogP contribution in [0.25, 0.3) is 10.9 Å². The van der Waals surface area contributed by atoms with Crippen molar-refractivity contribution < 1.29 is 0 Å². The second kappa shape index (κ2) is 4.36. The summed E-state index contributed by atoms with van der Waals surface area (Å²) in [4.78, 5) is 1.51. The molecule has 1 unspecified atom stereocenters. The number of hydrogen-bond donors (Lipinski definition) is 0. The lowest BCUT2D eigenvalue weighted by molar-refractivity contribution is 0.520. The van der Waals surface area contributed by atoms with Crippen LogP contribution in [0.5, 0.6) is 0 Å². The van der Waals surface area contributed by atoms with E-state index in [1.54, 1.807) is 11.3 Å². The zero-order valence-corrected chi connectivity index (χ0v) is 13.6. The highest BCUT2D eigenvalue weighted by Crippen LogP contribution is 2.56. The summed E-state index contributed by atoms with van der Waals surface area (Å²) in [6, 6.07) is 13.4. The molecule has 0 radical (unpaired) electrons. The lowest BCUT2D eigenvalue weighted by Crippen LogP contribution is -2.32. The number of thiophene rings is 1. The number of benzene rings is 1. The molecule has 110 valence electrons. The highest BCUT2D eigenvalue weighted by molar-refractivity contribution is 7.10. The van der Waals surface area contributed by atoms with Crippen molar-refractivity contribution in [3.8, 4) is 0 Å². The van der Waals surface area contributed by atoms with Crippen LogP contribution >= 0.6 is 11.3 Å². The van der Waals surface area contributed by atoms with Gasteiger partial charge in [-0.05, 0) is 48.3 Å². The van der Waals surface area contributed by atoms with Crippen molar-refractivity contribution in [3.63, 3.8) is 0 Å². The van der Waals surface area contributed by atoms with E-state index in [-0.39, 0.29) is 5.41 Å². The van der Waals surface area contributed by atoms with E-state index in [0.717, 1.165) is 12.3 Å². The Labute approximate surface area is 134 Å². The maximum Gasteiger partial charge on any atom is 0.0659 e. The molecular weight excluding hydrogens is 286 g/mol. The van der Waals surface area contributed by atoms with Crippen LogP contribution in [0.3, 0.4) is 0 Å². The van der Waals surface area contributed by atoms with Gasteiger partial charge in [0.1, 0.15) is 0 Å². The first-order chi connectivity index (χ1) is 10.8. The number of fused-ring (bicyclic) bond motifs is 3. The molecule has 0 bridgehead atoms. The number of aromatic nitrogens is 1. The molecule has 2 heterocycles. The number of aryl methyl sites for hydroxylation is 1. The Kier molecular flexibility index (Phi) is 2.52. The highest BCUT2D eigenvalue weighted by atomic mass is 32.1. The van der Waals surface area contributed by atoms with Crippen molar-refractivity contribution in [2.75, 3.05) is 0 Å². The Balaban J connectivity index is 1.90. The minimum atomic E-state index is 0.107. The molecule has 1 aromatic carbocycles. The van der Waals surface area contributed by atoms with Crippen LogP contribution in [0, 0.1) is 5.92 Å². The van der Waals surface area contributed by atoms with Crippen LogP contribution < -0.4 is 0 Å². The summed E-state index contributed by atoms with van der Waals surface area (Å²) < 4.78 is 2.46. The molecule has 2 aliphatic carbocycles. The van der Waals surface area contributed by atoms with Crippen molar-refractivity contribution in [2.24, 2.45) is 13.0 Å². The van der Waals surface area contributed by atoms with Gasteiger partial charge >= 0.3 is 0 Å². The fraction of sp³-hybridized carbons (Fsp3) is 0.300. The molecule has 0 N–H and O–H groups in total. The quantitative estimate of drug-likeness (QED) is 0.584. The molecule has 2 aromatic heterocycles. The number of nitrogens with zero attached hydrogens (tertiary/aromatic N) is 1. The monoisotopic (exact) mass is 305 g/mol. The summed E-state index contributed by atoms with van der Waals surface area (Å²) >= 11 is 1.91. The summed E-state index contributed by atoms with van der Waals surface area (Å²) in [5, 5.41) is 3.66. The van der Waals surface area contributed by atoms with Gasteiger partial charge < -0.3 is 4.57 Å². The molecule has 2 heteroatoms. The predicted octanol–water partition coefficient (Wildman–Crippen LogP) is 5.05. The molecule has 5 rings (SSSR count). The minimum absolute atomic E-state index is 0.107. The molecular formula is C20H19NS. The first-order valence-electron chi connectivity index (χ1n) is 8.11. The van der Waals surface area contributed by atoms with Gasteiger partial charge in [0.15, 0.2) is 0 Å². The largest absolute Gasteiger partial charge is 0.346 e. The third-order valence-corrected chi connectivity index (χ3v) is 6.48. The Bertz CT molecular complexity index is 880. The smallest absolute Gasteiger partial charge is 0.0659 e. The van der Waals surface area contributed by atoms with Crippen LogP contribution in [0.2, 0.25) is 0 Å². The zero-order chi connectivity index (χ0) is 14.7. The van der Waals surface area contributed by atoms with Crippen LogP contribution in [-0.4, -0.2) is 4.57 Å². The van der Waals surface area contributed by atoms with E-state index < -0.39 is 0 Å². The summed E-state index contributed by atoms with van der Waals surface area (Å²) in [5.74, 6) is 0.768. The summed E-state index contributed by atoms with van der Waals surface area (Å²) in [6.07, 6.45) is 8.69. The van der Waals surface area contributed by atoms with Crippen LogP contribution in [-0.2, 0) is 18.9 Å². The zero-order valence-electron chi connectivity index (χ0n) is 12.8. The van der Waals surface area contributed by atoms with E-state index in [1.807, 2.05) is 11.3 Å². The van der Waals surface area contributed by atoms with Gasteiger partial charge in [-0.25, -0.2) is 0 Å². The Hall–Kier alpha value is -1.80. The van der Waals surface area contributed by atoms with Gasteiger partial charge in [-0.3, -0.25) is 0 Å². The van der Waals surface area contributed by atoms with Gasteiger partial charge in [0.25, 0.3) is 0 Å². The van der Waals surface area contributed by atoms with Gasteiger partial charge in [-0.1, -0.05) is 36.4 Å². The first-order valence-corrected chi connectivity index (χ1v) is 8.99. The van der Waals surface area contributed by atoms with Gasteiger partial charge in [0.05, 0.1) is 5.41 Å². The highest BCUT2D eigenvalue weighted by Gasteiger charge is 2.50. The van der Waals surface area contributed by atoms with Gasteiger partial charge in [0.2, 0.25) is 0 Å². The summed E-state index contributed by atoms with van der Waals surface area (Å²) in [5.41, 5.74) is 4.56. The molecule has 0 amide bonds. The van der Waals surface area contributed by atoms with Crippen molar-refractivity contribution in [1.82, 2.24) is 4.57 Å². The van der Waals surface area contributed by atoms with Gasteiger partial charge in [-0.15, -0.1) is 11.3 Å². The third-order valence-electron chi connectivity index (χ3n) is 5.46. The van der Waals surface area contributed by atoms with Crippen molar-refractivity contribution in [1.29, 1.82) is 0 Å². The van der Waals surface area contributed by atoms with Crippen molar-refractivity contribution >= 4 is 22.2 Å². The maximum atomic E-state index is 2.51. The Morgan fingerprint density at radius 2 is 2.00 bits per heavy atom. The van der Waals surface area contributed by atoms with Crippen LogP contribution in [0.15, 0.2) is 53.9 Å². The van der Waals surface area contributed by atoms with Crippen LogP contribution in [0.1, 0.15) is 29.0 Å². The van der Waals surface area contributed by atoms with Crippen molar-refractivity contribution in [2.45, 2.75) is 24.7 Å². The third kappa shape index (κ3) is 1.49. The summed E-state index contributed by atoms with van der Waals surface area (Å²) in [7, 11) is 2.26. The van der Waals surface area contributed by atoms with E-state index in [0.29, 0.717) is 0 Å². The molecule has 1 atom stereocenters. The molecule has 1 fully saturated rings. The van der Waals surface area contributed by atoms with Crippen molar-refractivity contribution in [3.05, 3.63) is 70.1 Å². The second-order valence-corrected chi connectivity index (χ2v) is 7.58. The average molecular weight is 305 g/mol. The Morgan fingerprint density at radius 1 is 1.14 bits per heavy atom. The topological polar surface area (TPSA) is 4.93 Å². The molecule has 1 nitrogen and oxygen atoms in total. The van der Waals surface area contributed by atoms with E-state index in [4.69, 9.17) is 0 Å². The fourth-order valence-electron chi connectivity index (χ4n) is 4.43. The molecule has 2 aliphatic rings. The number of allylic oxidation sites excluding steroid dienone is 2. The molecule has 0 aliphatic heterocycles. The van der Waals surface area contributed by atoms with Crippen LogP contribution in [0.4, 0.5) is 0 Å². The Morgan fingerprint density at radius 3 is 2.77 bits per heavy atom. The standard InChI is InChI=1S/C20H19NS/c1-21-17-8-3-2-6-15(17)16-7-4-12-20(19(16)21,14-10-11-14)18-9-5-13-22-18/h2-6,8-9,12-14H,7,10-11H2,1H3. The van der Waals surface area contributed by atoms with E-state index in [1.165, 1.54) is 28.6 Å². The van der Waals surface area contributed by atoms with Gasteiger partial charge in [0, 0.05) is 28.5 Å². The molecule has 0 spiro atoms. The number of hydrogen-bond acceptors (Lipinski definition) is 1. The molecule has 1 saturated carbocycles. The second-order valence-electron chi connectivity index (χ2n) is 6.63. The SMILES string of the molecule is Cn1c2c(c3ccccc31)CC=CC2(c1cccs1)C1CC1. The lowest BCUT2D eigenvalue weighted by Gasteiger charge is -2.35. The maximum absolute atomic E-state index is 2.51. The van der Waals surface area contributed by atoms with Gasteiger partial charge in [-0.2, -0.15) is 0 Å². The number of para-hydroxylation sites is 1. The minimum Gasteiger partial charge on any atom is -0.346 e. The number of rotatable bonds is 2. The van der Waals surface area contributed by atoms with E-state index in [9.17, 15) is 0 Å². The average Bonchev–Trinajstić information content (AvgIpc) is 3.19. The predicted molar refractivity (Wildman–Crippen MR) is 93.6 cm³/mol.